The summed E-state index contributed by atoms with van der Waals surface area (Å²) < 4.78 is 5.05. The summed E-state index contributed by atoms with van der Waals surface area (Å²) in [4.78, 5) is 23.2. The largest absolute Gasteiger partial charge is 0.465 e. The predicted octanol–water partition coefficient (Wildman–Crippen LogP) is 3.84. The van der Waals surface area contributed by atoms with E-state index in [9.17, 15) is 9.59 Å². The van der Waals surface area contributed by atoms with Crippen LogP contribution in [0.1, 0.15) is 52.9 Å². The number of hydrogen-bond donors (Lipinski definition) is 0. The lowest BCUT2D eigenvalue weighted by atomic mass is 9.85. The standard InChI is InChI=1S/C17H26O3/c1-12(2)15-7-5-13(3)6-10-17(19)16(9-8-15)11-20-14(4)18/h5,15-16H,1,6-11H2,2-4H3/b13-5+/t15-,16?/m0/s1. The van der Waals surface area contributed by atoms with E-state index in [2.05, 4.69) is 19.6 Å². The third-order valence-corrected chi connectivity index (χ3v) is 4.02. The monoisotopic (exact) mass is 278 g/mol. The molecule has 0 saturated heterocycles. The lowest BCUT2D eigenvalue weighted by molar-refractivity contribution is -0.143. The van der Waals surface area contributed by atoms with Crippen molar-refractivity contribution in [1.29, 1.82) is 0 Å². The zero-order valence-electron chi connectivity index (χ0n) is 12.9. The third-order valence-electron chi connectivity index (χ3n) is 4.02. The number of esters is 1. The molecule has 3 heteroatoms. The average molecular weight is 278 g/mol. The van der Waals surface area contributed by atoms with E-state index < -0.39 is 0 Å². The van der Waals surface area contributed by atoms with Crippen LogP contribution in [0, 0.1) is 11.8 Å². The minimum absolute atomic E-state index is 0.161. The summed E-state index contributed by atoms with van der Waals surface area (Å²) in [6.07, 6.45) is 6.28. The molecule has 0 aromatic heterocycles. The van der Waals surface area contributed by atoms with Gasteiger partial charge in [0.2, 0.25) is 0 Å². The SMILES string of the molecule is C=C(C)[C@H]1C/C=C(\C)CCC(=O)C(COC(C)=O)CC1. The lowest BCUT2D eigenvalue weighted by Crippen LogP contribution is -2.23. The second-order valence-electron chi connectivity index (χ2n) is 5.87. The van der Waals surface area contributed by atoms with E-state index in [4.69, 9.17) is 4.74 Å². The summed E-state index contributed by atoms with van der Waals surface area (Å²) in [5, 5.41) is 0. The third kappa shape index (κ3) is 5.72. The van der Waals surface area contributed by atoms with E-state index in [-0.39, 0.29) is 24.3 Å². The van der Waals surface area contributed by atoms with Crippen LogP contribution in [0.2, 0.25) is 0 Å². The molecular formula is C17H26O3. The molecule has 0 amide bonds. The molecule has 0 fully saturated rings. The van der Waals surface area contributed by atoms with Gasteiger partial charge in [0.05, 0.1) is 5.92 Å². The van der Waals surface area contributed by atoms with Gasteiger partial charge in [-0.1, -0.05) is 23.8 Å². The van der Waals surface area contributed by atoms with Crippen LogP contribution in [-0.4, -0.2) is 18.4 Å². The average Bonchev–Trinajstić information content (AvgIpc) is 2.37. The first-order valence-corrected chi connectivity index (χ1v) is 7.37. The molecule has 0 aromatic rings. The Balaban J connectivity index is 2.76. The molecule has 0 saturated carbocycles. The number of ether oxygens (including phenoxy) is 1. The minimum atomic E-state index is -0.317. The topological polar surface area (TPSA) is 43.4 Å². The van der Waals surface area contributed by atoms with Crippen molar-refractivity contribution >= 4 is 11.8 Å². The van der Waals surface area contributed by atoms with Gasteiger partial charge >= 0.3 is 5.97 Å². The fraction of sp³-hybridized carbons (Fsp3) is 0.647. The molecule has 1 unspecified atom stereocenters. The van der Waals surface area contributed by atoms with E-state index in [0.29, 0.717) is 12.3 Å². The van der Waals surface area contributed by atoms with Crippen molar-refractivity contribution < 1.29 is 14.3 Å². The van der Waals surface area contributed by atoms with E-state index in [1.807, 2.05) is 6.92 Å². The van der Waals surface area contributed by atoms with Crippen molar-refractivity contribution in [2.24, 2.45) is 11.8 Å². The van der Waals surface area contributed by atoms with Gasteiger partial charge in [-0.2, -0.15) is 0 Å². The molecule has 0 aromatic carbocycles. The van der Waals surface area contributed by atoms with Gasteiger partial charge < -0.3 is 4.74 Å². The van der Waals surface area contributed by atoms with Gasteiger partial charge in [-0.3, -0.25) is 9.59 Å². The van der Waals surface area contributed by atoms with Gasteiger partial charge in [-0.15, -0.1) is 0 Å². The minimum Gasteiger partial charge on any atom is -0.465 e. The van der Waals surface area contributed by atoms with Gasteiger partial charge in [-0.25, -0.2) is 0 Å². The maximum atomic E-state index is 12.2. The van der Waals surface area contributed by atoms with Crippen LogP contribution in [-0.2, 0) is 14.3 Å². The van der Waals surface area contributed by atoms with Crippen LogP contribution in [0.4, 0.5) is 0 Å². The Morgan fingerprint density at radius 2 is 2.05 bits per heavy atom. The highest BCUT2D eigenvalue weighted by Crippen LogP contribution is 2.26. The summed E-state index contributed by atoms with van der Waals surface area (Å²) in [5.41, 5.74) is 2.42. The van der Waals surface area contributed by atoms with E-state index in [1.54, 1.807) is 0 Å². The fourth-order valence-corrected chi connectivity index (χ4v) is 2.49. The van der Waals surface area contributed by atoms with Crippen molar-refractivity contribution in [2.75, 3.05) is 6.61 Å². The highest BCUT2D eigenvalue weighted by Gasteiger charge is 2.22. The van der Waals surface area contributed by atoms with Crippen molar-refractivity contribution in [3.8, 4) is 0 Å². The highest BCUT2D eigenvalue weighted by molar-refractivity contribution is 5.81. The van der Waals surface area contributed by atoms with Crippen LogP contribution in [0.5, 0.6) is 0 Å². The van der Waals surface area contributed by atoms with Crippen LogP contribution in [0.15, 0.2) is 23.8 Å². The number of carbonyl (C=O) groups is 2. The number of hydrogen-bond acceptors (Lipinski definition) is 3. The van der Waals surface area contributed by atoms with Crippen molar-refractivity contribution in [2.45, 2.75) is 52.9 Å². The Morgan fingerprint density at radius 1 is 1.35 bits per heavy atom. The zero-order valence-corrected chi connectivity index (χ0v) is 12.9. The molecule has 0 heterocycles. The summed E-state index contributed by atoms with van der Waals surface area (Å²) in [7, 11) is 0. The summed E-state index contributed by atoms with van der Waals surface area (Å²) in [5.74, 6) is 0.145. The summed E-state index contributed by atoms with van der Waals surface area (Å²) in [6, 6.07) is 0. The van der Waals surface area contributed by atoms with Gasteiger partial charge in [0, 0.05) is 13.3 Å². The van der Waals surface area contributed by atoms with Crippen LogP contribution in [0.25, 0.3) is 0 Å². The molecule has 0 aliphatic heterocycles. The molecule has 1 aliphatic carbocycles. The highest BCUT2D eigenvalue weighted by atomic mass is 16.5. The summed E-state index contributed by atoms with van der Waals surface area (Å²) >= 11 is 0. The number of rotatable bonds is 3. The van der Waals surface area contributed by atoms with Crippen LogP contribution < -0.4 is 0 Å². The van der Waals surface area contributed by atoms with Gasteiger partial charge in [-0.05, 0) is 45.4 Å². The van der Waals surface area contributed by atoms with E-state index in [1.165, 1.54) is 12.5 Å². The van der Waals surface area contributed by atoms with Crippen LogP contribution >= 0.6 is 0 Å². The second-order valence-corrected chi connectivity index (χ2v) is 5.87. The first-order valence-electron chi connectivity index (χ1n) is 7.37. The maximum Gasteiger partial charge on any atom is 0.302 e. The van der Waals surface area contributed by atoms with Crippen LogP contribution in [0.3, 0.4) is 0 Å². The number of ketones is 1. The Morgan fingerprint density at radius 3 is 2.65 bits per heavy atom. The van der Waals surface area contributed by atoms with Gasteiger partial charge in [0.25, 0.3) is 0 Å². The normalized spacial score (nSPS) is 27.4. The fourth-order valence-electron chi connectivity index (χ4n) is 2.49. The first kappa shape index (κ1) is 16.7. The molecule has 0 spiro atoms. The molecule has 2 atom stereocenters. The molecule has 1 aliphatic rings. The molecule has 3 nitrogen and oxygen atoms in total. The maximum absolute atomic E-state index is 12.2. The zero-order chi connectivity index (χ0) is 15.1. The van der Waals surface area contributed by atoms with E-state index >= 15 is 0 Å². The quantitative estimate of drug-likeness (QED) is 0.582. The second kappa shape index (κ2) is 8.03. The smallest absolute Gasteiger partial charge is 0.302 e. The molecule has 0 bridgehead atoms. The molecule has 0 radical (unpaired) electrons. The molecule has 1 rings (SSSR count). The van der Waals surface area contributed by atoms with Gasteiger partial charge in [0.1, 0.15) is 12.4 Å². The first-order chi connectivity index (χ1) is 9.40. The Hall–Kier alpha value is -1.38. The van der Waals surface area contributed by atoms with Gasteiger partial charge in [0.15, 0.2) is 0 Å². The van der Waals surface area contributed by atoms with Crippen molar-refractivity contribution in [1.82, 2.24) is 0 Å². The predicted molar refractivity (Wildman–Crippen MR) is 80.3 cm³/mol. The molecular weight excluding hydrogens is 252 g/mol. The van der Waals surface area contributed by atoms with Crippen molar-refractivity contribution in [3.63, 3.8) is 0 Å². The number of Topliss-reactive ketones (excluding diaryl/α,β-unsaturated/α-hetero) is 1. The number of allylic oxidation sites excluding steroid dienone is 3. The molecule has 0 N–H and O–H groups in total. The van der Waals surface area contributed by atoms with Crippen molar-refractivity contribution in [3.05, 3.63) is 23.8 Å². The molecule has 112 valence electrons. The lowest BCUT2D eigenvalue weighted by Gasteiger charge is -2.22. The molecule has 20 heavy (non-hydrogen) atoms. The van der Waals surface area contributed by atoms with E-state index in [0.717, 1.165) is 31.3 Å². The Labute approximate surface area is 122 Å². The summed E-state index contributed by atoms with van der Waals surface area (Å²) in [6.45, 7) is 9.77. The number of carbonyl (C=O) groups excluding carboxylic acids is 2. The Bertz CT molecular complexity index is 406. The Kier molecular flexibility index (Phi) is 6.69.